The molecule has 4 nitrogen and oxygen atoms in total. The van der Waals surface area contributed by atoms with Crippen LogP contribution < -0.4 is 4.74 Å². The lowest BCUT2D eigenvalue weighted by molar-refractivity contribution is 0.413. The van der Waals surface area contributed by atoms with Crippen LogP contribution in [-0.2, 0) is 0 Å². The fourth-order valence-electron chi connectivity index (χ4n) is 0.923. The molecule has 0 N–H and O–H groups in total. The third kappa shape index (κ3) is 1.92. The first-order valence-corrected chi connectivity index (χ1v) is 3.51. The second kappa shape index (κ2) is 4.05. The van der Waals surface area contributed by atoms with Crippen LogP contribution in [0.25, 0.3) is 10.4 Å². The van der Waals surface area contributed by atoms with Gasteiger partial charge in [0.05, 0.1) is 12.7 Å². The van der Waals surface area contributed by atoms with Gasteiger partial charge >= 0.3 is 0 Å². The van der Waals surface area contributed by atoms with Gasteiger partial charge in [0.1, 0.15) is 5.75 Å². The second-order valence-corrected chi connectivity index (χ2v) is 2.22. The maximum atomic E-state index is 8.19. The van der Waals surface area contributed by atoms with E-state index in [1.807, 2.05) is 0 Å². The molecule has 1 aromatic carbocycles. The standard InChI is InChI=1S/C9H7N3O/c1-3-7-6-8(11-12-10)4-5-9(7)13-2/h1,4-6H,2H3. The van der Waals surface area contributed by atoms with E-state index >= 15 is 0 Å². The van der Waals surface area contributed by atoms with Crippen molar-refractivity contribution < 1.29 is 4.74 Å². The maximum Gasteiger partial charge on any atom is 0.134 e. The Kier molecular flexibility index (Phi) is 2.80. The third-order valence-corrected chi connectivity index (χ3v) is 1.50. The summed E-state index contributed by atoms with van der Waals surface area (Å²) in [7, 11) is 1.53. The van der Waals surface area contributed by atoms with Gasteiger partial charge in [-0.3, -0.25) is 0 Å². The van der Waals surface area contributed by atoms with Crippen molar-refractivity contribution in [1.29, 1.82) is 0 Å². The molecule has 0 amide bonds. The largest absolute Gasteiger partial charge is 0.495 e. The van der Waals surface area contributed by atoms with E-state index in [2.05, 4.69) is 15.9 Å². The zero-order chi connectivity index (χ0) is 9.68. The predicted octanol–water partition coefficient (Wildman–Crippen LogP) is 2.62. The fourth-order valence-corrected chi connectivity index (χ4v) is 0.923. The summed E-state index contributed by atoms with van der Waals surface area (Å²) in [4.78, 5) is 2.65. The van der Waals surface area contributed by atoms with Gasteiger partial charge in [-0.1, -0.05) is 11.0 Å². The van der Waals surface area contributed by atoms with Crippen molar-refractivity contribution in [2.24, 2.45) is 5.11 Å². The first-order chi connectivity index (χ1) is 6.31. The van der Waals surface area contributed by atoms with Gasteiger partial charge in [0.2, 0.25) is 0 Å². The zero-order valence-electron chi connectivity index (χ0n) is 7.06. The number of methoxy groups -OCH3 is 1. The average molecular weight is 173 g/mol. The summed E-state index contributed by atoms with van der Waals surface area (Å²) in [5.74, 6) is 3.03. The van der Waals surface area contributed by atoms with Gasteiger partial charge in [-0.15, -0.1) is 6.42 Å². The average Bonchev–Trinajstić information content (AvgIpc) is 2.18. The number of nitrogens with zero attached hydrogens (tertiary/aromatic N) is 3. The summed E-state index contributed by atoms with van der Waals surface area (Å²) in [6, 6.07) is 4.90. The molecule has 4 heteroatoms. The Morgan fingerprint density at radius 2 is 2.38 bits per heavy atom. The normalized spacial score (nSPS) is 8.31. The second-order valence-electron chi connectivity index (χ2n) is 2.22. The summed E-state index contributed by atoms with van der Waals surface area (Å²) in [5.41, 5.74) is 9.24. The molecule has 0 saturated carbocycles. The van der Waals surface area contributed by atoms with Crippen molar-refractivity contribution in [3.63, 3.8) is 0 Å². The van der Waals surface area contributed by atoms with Gasteiger partial charge in [-0.25, -0.2) is 0 Å². The molecule has 1 rings (SSSR count). The van der Waals surface area contributed by atoms with E-state index in [4.69, 9.17) is 16.7 Å². The first kappa shape index (κ1) is 8.98. The minimum atomic E-state index is 0.483. The Bertz CT molecular complexity index is 400. The lowest BCUT2D eigenvalue weighted by atomic mass is 10.2. The lowest BCUT2D eigenvalue weighted by Crippen LogP contribution is -1.86. The highest BCUT2D eigenvalue weighted by molar-refractivity contribution is 5.53. The van der Waals surface area contributed by atoms with Gasteiger partial charge in [0, 0.05) is 10.6 Å². The highest BCUT2D eigenvalue weighted by Crippen LogP contribution is 2.23. The molecule has 13 heavy (non-hydrogen) atoms. The molecule has 0 spiro atoms. The van der Waals surface area contributed by atoms with Crippen molar-refractivity contribution in [1.82, 2.24) is 0 Å². The van der Waals surface area contributed by atoms with E-state index in [9.17, 15) is 0 Å². The summed E-state index contributed by atoms with van der Waals surface area (Å²) in [5, 5.41) is 3.42. The van der Waals surface area contributed by atoms with Crippen LogP contribution in [0.1, 0.15) is 5.56 Å². The quantitative estimate of drug-likeness (QED) is 0.293. The van der Waals surface area contributed by atoms with E-state index < -0.39 is 0 Å². The molecule has 64 valence electrons. The van der Waals surface area contributed by atoms with Gasteiger partial charge in [0.25, 0.3) is 0 Å². The molecule has 0 bridgehead atoms. The fraction of sp³-hybridized carbons (Fsp3) is 0.111. The number of azide groups is 1. The molecule has 0 aliphatic heterocycles. The van der Waals surface area contributed by atoms with Crippen LogP contribution in [0.4, 0.5) is 5.69 Å². The zero-order valence-corrected chi connectivity index (χ0v) is 7.06. The molecule has 1 aromatic rings. The SMILES string of the molecule is C#Cc1cc(N=[N+]=[N-])ccc1OC. The number of terminal acetylenes is 1. The Morgan fingerprint density at radius 1 is 1.62 bits per heavy atom. The maximum absolute atomic E-state index is 8.19. The van der Waals surface area contributed by atoms with Crippen LogP contribution in [0.2, 0.25) is 0 Å². The van der Waals surface area contributed by atoms with Crippen LogP contribution in [0.15, 0.2) is 23.3 Å². The van der Waals surface area contributed by atoms with Crippen molar-refractivity contribution in [3.8, 4) is 18.1 Å². The number of rotatable bonds is 2. The van der Waals surface area contributed by atoms with Crippen LogP contribution in [-0.4, -0.2) is 7.11 Å². The topological polar surface area (TPSA) is 58.0 Å². The Morgan fingerprint density at radius 3 is 2.92 bits per heavy atom. The van der Waals surface area contributed by atoms with Crippen molar-refractivity contribution in [3.05, 3.63) is 34.2 Å². The first-order valence-electron chi connectivity index (χ1n) is 3.51. The number of hydrogen-bond acceptors (Lipinski definition) is 2. The van der Waals surface area contributed by atoms with E-state index in [0.717, 1.165) is 0 Å². The van der Waals surface area contributed by atoms with Gasteiger partial charge < -0.3 is 4.74 Å². The molecule has 0 saturated heterocycles. The summed E-state index contributed by atoms with van der Waals surface area (Å²) in [6.07, 6.45) is 5.23. The highest BCUT2D eigenvalue weighted by Gasteiger charge is 1.99. The lowest BCUT2D eigenvalue weighted by Gasteiger charge is -2.02. The molecular weight excluding hydrogens is 166 g/mol. The molecular formula is C9H7N3O. The Labute approximate surface area is 75.8 Å². The summed E-state index contributed by atoms with van der Waals surface area (Å²) >= 11 is 0. The van der Waals surface area contributed by atoms with Gasteiger partial charge in [-0.2, -0.15) is 0 Å². The Hall–Kier alpha value is -2.11. The van der Waals surface area contributed by atoms with Crippen LogP contribution in [0.5, 0.6) is 5.75 Å². The highest BCUT2D eigenvalue weighted by atomic mass is 16.5. The van der Waals surface area contributed by atoms with E-state index in [-0.39, 0.29) is 0 Å². The van der Waals surface area contributed by atoms with Crippen LogP contribution in [0.3, 0.4) is 0 Å². The van der Waals surface area contributed by atoms with E-state index in [1.165, 1.54) is 7.11 Å². The smallest absolute Gasteiger partial charge is 0.134 e. The monoisotopic (exact) mass is 173 g/mol. The van der Waals surface area contributed by atoms with E-state index in [1.54, 1.807) is 18.2 Å². The summed E-state index contributed by atoms with van der Waals surface area (Å²) < 4.78 is 4.99. The molecule has 0 atom stereocenters. The third-order valence-electron chi connectivity index (χ3n) is 1.50. The molecule has 0 aliphatic rings. The Balaban J connectivity index is 3.22. The molecule has 0 unspecified atom stereocenters. The molecule has 0 radical (unpaired) electrons. The molecule has 0 heterocycles. The van der Waals surface area contributed by atoms with Crippen molar-refractivity contribution in [2.45, 2.75) is 0 Å². The van der Waals surface area contributed by atoms with Gasteiger partial charge in [-0.05, 0) is 23.7 Å². The molecule has 0 aliphatic carbocycles. The summed E-state index contributed by atoms with van der Waals surface area (Å²) in [6.45, 7) is 0. The minimum absolute atomic E-state index is 0.483. The number of benzene rings is 1. The van der Waals surface area contributed by atoms with Crippen molar-refractivity contribution >= 4 is 5.69 Å². The van der Waals surface area contributed by atoms with Gasteiger partial charge in [0.15, 0.2) is 0 Å². The number of ether oxygens (including phenoxy) is 1. The predicted molar refractivity (Wildman–Crippen MR) is 49.7 cm³/mol. The van der Waals surface area contributed by atoms with E-state index in [0.29, 0.717) is 17.0 Å². The van der Waals surface area contributed by atoms with Crippen LogP contribution >= 0.6 is 0 Å². The van der Waals surface area contributed by atoms with Crippen molar-refractivity contribution in [2.75, 3.05) is 7.11 Å². The van der Waals surface area contributed by atoms with Crippen LogP contribution in [0, 0.1) is 12.3 Å². The number of hydrogen-bond donors (Lipinski definition) is 0. The molecule has 0 aromatic heterocycles. The minimum Gasteiger partial charge on any atom is -0.495 e. The molecule has 0 fully saturated rings.